The molecule has 0 aliphatic carbocycles. The van der Waals surface area contributed by atoms with Crippen molar-refractivity contribution in [3.8, 4) is 5.75 Å². The Morgan fingerprint density at radius 3 is 2.79 bits per heavy atom. The van der Waals surface area contributed by atoms with Gasteiger partial charge in [-0.05, 0) is 30.2 Å². The summed E-state index contributed by atoms with van der Waals surface area (Å²) in [5.41, 5.74) is 2.26. The van der Waals surface area contributed by atoms with Crippen molar-refractivity contribution in [1.82, 2.24) is 20.4 Å². The number of aromatic nitrogens is 2. The summed E-state index contributed by atoms with van der Waals surface area (Å²) in [5.74, 6) is 1.68. The number of ether oxygens (including phenoxy) is 1. The van der Waals surface area contributed by atoms with Crippen molar-refractivity contribution < 1.29 is 4.74 Å². The molecule has 0 saturated carbocycles. The lowest BCUT2D eigenvalue weighted by atomic mass is 10.2. The number of unbranched alkanes of at least 4 members (excludes halogenated alkanes) is 1. The van der Waals surface area contributed by atoms with Crippen LogP contribution in [0.25, 0.3) is 0 Å². The van der Waals surface area contributed by atoms with Crippen molar-refractivity contribution in [2.24, 2.45) is 12.0 Å². The van der Waals surface area contributed by atoms with Gasteiger partial charge in [-0.15, -0.1) is 0 Å². The number of nitrogens with zero attached hydrogens (tertiary/aromatic N) is 3. The normalized spacial score (nSPS) is 11.4. The molecule has 130 valence electrons. The summed E-state index contributed by atoms with van der Waals surface area (Å²) in [6, 6.07) is 10.1. The van der Waals surface area contributed by atoms with Gasteiger partial charge >= 0.3 is 0 Å². The summed E-state index contributed by atoms with van der Waals surface area (Å²) < 4.78 is 7.59. The van der Waals surface area contributed by atoms with E-state index in [0.717, 1.165) is 42.4 Å². The molecule has 0 radical (unpaired) electrons. The molecule has 2 aromatic rings. The third kappa shape index (κ3) is 5.61. The molecule has 0 aliphatic heterocycles. The molecule has 0 bridgehead atoms. The SMILES string of the molecule is CCCCOc1cccc(CNC(=NC)NCc2ccnn2C)c1. The minimum Gasteiger partial charge on any atom is -0.494 e. The van der Waals surface area contributed by atoms with Gasteiger partial charge in [-0.3, -0.25) is 9.67 Å². The lowest BCUT2D eigenvalue weighted by molar-refractivity contribution is 0.309. The fraction of sp³-hybridized carbons (Fsp3) is 0.444. The summed E-state index contributed by atoms with van der Waals surface area (Å²) in [7, 11) is 3.69. The maximum atomic E-state index is 5.75. The Kier molecular flexibility index (Phi) is 7.14. The molecule has 0 fully saturated rings. The van der Waals surface area contributed by atoms with Gasteiger partial charge in [-0.25, -0.2) is 0 Å². The molecular weight excluding hydrogens is 302 g/mol. The Bertz CT molecular complexity index is 650. The van der Waals surface area contributed by atoms with Crippen LogP contribution in [0.2, 0.25) is 0 Å². The lowest BCUT2D eigenvalue weighted by Crippen LogP contribution is -2.36. The number of hydrogen-bond acceptors (Lipinski definition) is 3. The van der Waals surface area contributed by atoms with Gasteiger partial charge in [0.05, 0.1) is 18.8 Å². The smallest absolute Gasteiger partial charge is 0.191 e. The minimum atomic E-state index is 0.677. The minimum absolute atomic E-state index is 0.677. The zero-order chi connectivity index (χ0) is 17.2. The van der Waals surface area contributed by atoms with Crippen LogP contribution in [0, 0.1) is 0 Å². The number of nitrogens with one attached hydrogen (secondary N) is 2. The van der Waals surface area contributed by atoms with Gasteiger partial charge < -0.3 is 15.4 Å². The molecule has 1 heterocycles. The van der Waals surface area contributed by atoms with Crippen LogP contribution in [0.15, 0.2) is 41.5 Å². The summed E-state index contributed by atoms with van der Waals surface area (Å²) >= 11 is 0. The van der Waals surface area contributed by atoms with Gasteiger partial charge in [0.15, 0.2) is 5.96 Å². The average molecular weight is 329 g/mol. The highest BCUT2D eigenvalue weighted by Crippen LogP contribution is 2.13. The van der Waals surface area contributed by atoms with E-state index in [9.17, 15) is 0 Å². The fourth-order valence-electron chi connectivity index (χ4n) is 2.24. The van der Waals surface area contributed by atoms with Gasteiger partial charge in [0.1, 0.15) is 5.75 Å². The highest BCUT2D eigenvalue weighted by Gasteiger charge is 2.02. The first-order chi connectivity index (χ1) is 11.7. The van der Waals surface area contributed by atoms with Crippen molar-refractivity contribution in [2.45, 2.75) is 32.9 Å². The van der Waals surface area contributed by atoms with Gasteiger partial charge in [-0.1, -0.05) is 25.5 Å². The molecule has 0 amide bonds. The number of hydrogen-bond donors (Lipinski definition) is 2. The second-order valence-electron chi connectivity index (χ2n) is 5.57. The number of aliphatic imine (C=N–C) groups is 1. The van der Waals surface area contributed by atoms with Gasteiger partial charge in [-0.2, -0.15) is 5.10 Å². The summed E-state index contributed by atoms with van der Waals surface area (Å²) in [6.45, 7) is 4.29. The van der Waals surface area contributed by atoms with Crippen molar-refractivity contribution in [1.29, 1.82) is 0 Å². The predicted octanol–water partition coefficient (Wildman–Crippen LogP) is 2.46. The van der Waals surface area contributed by atoms with E-state index in [4.69, 9.17) is 4.74 Å². The first-order valence-corrected chi connectivity index (χ1v) is 8.36. The Balaban J connectivity index is 1.82. The zero-order valence-electron chi connectivity index (χ0n) is 14.7. The molecule has 1 aromatic heterocycles. The molecule has 0 spiro atoms. The van der Waals surface area contributed by atoms with Crippen molar-refractivity contribution >= 4 is 5.96 Å². The molecule has 0 saturated heterocycles. The lowest BCUT2D eigenvalue weighted by Gasteiger charge is -2.13. The topological polar surface area (TPSA) is 63.5 Å². The largest absolute Gasteiger partial charge is 0.494 e. The van der Waals surface area contributed by atoms with Crippen LogP contribution in [-0.2, 0) is 20.1 Å². The van der Waals surface area contributed by atoms with E-state index >= 15 is 0 Å². The second-order valence-corrected chi connectivity index (χ2v) is 5.57. The number of aryl methyl sites for hydroxylation is 1. The summed E-state index contributed by atoms with van der Waals surface area (Å²) in [4.78, 5) is 4.25. The van der Waals surface area contributed by atoms with Crippen molar-refractivity contribution in [3.05, 3.63) is 47.8 Å². The molecule has 2 N–H and O–H groups in total. The Morgan fingerprint density at radius 2 is 2.08 bits per heavy atom. The van der Waals surface area contributed by atoms with Crippen LogP contribution < -0.4 is 15.4 Å². The maximum Gasteiger partial charge on any atom is 0.191 e. The predicted molar refractivity (Wildman–Crippen MR) is 97.1 cm³/mol. The quantitative estimate of drug-likeness (QED) is 0.444. The molecular formula is C18H27N5O. The van der Waals surface area contributed by atoms with Crippen molar-refractivity contribution in [3.63, 3.8) is 0 Å². The van der Waals surface area contributed by atoms with E-state index in [1.54, 1.807) is 13.2 Å². The van der Waals surface area contributed by atoms with Crippen LogP contribution in [0.4, 0.5) is 0 Å². The van der Waals surface area contributed by atoms with E-state index in [-0.39, 0.29) is 0 Å². The van der Waals surface area contributed by atoms with E-state index < -0.39 is 0 Å². The Hall–Kier alpha value is -2.50. The highest BCUT2D eigenvalue weighted by molar-refractivity contribution is 5.79. The standard InChI is InChI=1S/C18H27N5O/c1-4-5-11-24-17-8-6-7-15(12-17)13-20-18(19-2)21-14-16-9-10-22-23(16)3/h6-10,12H,4-5,11,13-14H2,1-3H3,(H2,19,20,21). The fourth-order valence-corrected chi connectivity index (χ4v) is 2.24. The molecule has 0 unspecified atom stereocenters. The highest BCUT2D eigenvalue weighted by atomic mass is 16.5. The van der Waals surface area contributed by atoms with Gasteiger partial charge in [0, 0.05) is 26.8 Å². The number of guanidine groups is 1. The number of benzene rings is 1. The average Bonchev–Trinajstić information content (AvgIpc) is 3.01. The van der Waals surface area contributed by atoms with Crippen LogP contribution in [0.3, 0.4) is 0 Å². The van der Waals surface area contributed by atoms with Gasteiger partial charge in [0.25, 0.3) is 0 Å². The van der Waals surface area contributed by atoms with Crippen LogP contribution in [0.1, 0.15) is 31.0 Å². The van der Waals surface area contributed by atoms with Gasteiger partial charge in [0.2, 0.25) is 0 Å². The maximum absolute atomic E-state index is 5.75. The van der Waals surface area contributed by atoms with E-state index in [1.807, 2.05) is 29.9 Å². The first kappa shape index (κ1) is 17.8. The summed E-state index contributed by atoms with van der Waals surface area (Å²) in [6.07, 6.45) is 4.00. The second kappa shape index (κ2) is 9.60. The Labute approximate surface area is 143 Å². The van der Waals surface area contributed by atoms with Crippen molar-refractivity contribution in [2.75, 3.05) is 13.7 Å². The Morgan fingerprint density at radius 1 is 1.25 bits per heavy atom. The summed E-state index contributed by atoms with van der Waals surface area (Å²) in [5, 5.41) is 10.8. The van der Waals surface area contributed by atoms with E-state index in [2.05, 4.69) is 39.8 Å². The molecule has 0 atom stereocenters. The molecule has 2 rings (SSSR count). The zero-order valence-corrected chi connectivity index (χ0v) is 14.7. The van der Waals surface area contributed by atoms with E-state index in [0.29, 0.717) is 13.1 Å². The van der Waals surface area contributed by atoms with Crippen LogP contribution in [-0.4, -0.2) is 29.4 Å². The third-order valence-electron chi connectivity index (χ3n) is 3.71. The van der Waals surface area contributed by atoms with Crippen LogP contribution in [0.5, 0.6) is 5.75 Å². The molecule has 24 heavy (non-hydrogen) atoms. The van der Waals surface area contributed by atoms with E-state index in [1.165, 1.54) is 0 Å². The monoisotopic (exact) mass is 329 g/mol. The first-order valence-electron chi connectivity index (χ1n) is 8.36. The molecule has 1 aromatic carbocycles. The number of rotatable bonds is 8. The molecule has 6 heteroatoms. The molecule has 6 nitrogen and oxygen atoms in total. The van der Waals surface area contributed by atoms with Crippen LogP contribution >= 0.6 is 0 Å². The third-order valence-corrected chi connectivity index (χ3v) is 3.71. The molecule has 0 aliphatic rings.